The maximum atomic E-state index is 13.7. The number of azide groups is 1. The summed E-state index contributed by atoms with van der Waals surface area (Å²) in [4.78, 5) is 34.4. The smallest absolute Gasteiger partial charge is 0.410 e. The summed E-state index contributed by atoms with van der Waals surface area (Å²) in [6.45, 7) is 21.5. The van der Waals surface area contributed by atoms with Crippen molar-refractivity contribution in [3.8, 4) is 0 Å². The number of allylic oxidation sites excluding steroid dienone is 2. The van der Waals surface area contributed by atoms with Crippen LogP contribution in [0.15, 0.2) is 41.1 Å². The SMILES string of the molecule is C/C(=C\C=C\[C@@H](C)CN=[N+]=[N-])[C@H]1OC(=O)C[C@H](O[Si](C)(C)C(C)(C)C)CC[C@@](C)(O)[C@@H](OC(=O)N2CCN(C3CCCCCC3)CC2)/C=C/[C@@H]1C. The van der Waals surface area contributed by atoms with Crippen molar-refractivity contribution in [1.82, 2.24) is 9.80 Å². The molecule has 0 aromatic rings. The van der Waals surface area contributed by atoms with E-state index in [9.17, 15) is 14.7 Å². The predicted molar refractivity (Wildman–Crippen MR) is 206 cm³/mol. The molecular formula is C39H67N5O6Si. The molecule has 0 aromatic carbocycles. The van der Waals surface area contributed by atoms with Crippen molar-refractivity contribution < 1.29 is 28.6 Å². The Hall–Kier alpha value is -2.63. The molecule has 1 N–H and O–H groups in total. The zero-order valence-corrected chi connectivity index (χ0v) is 34.0. The van der Waals surface area contributed by atoms with Crippen LogP contribution in [0.25, 0.3) is 10.4 Å². The molecule has 0 spiro atoms. The summed E-state index contributed by atoms with van der Waals surface area (Å²) in [6.07, 6.45) is 15.4. The van der Waals surface area contributed by atoms with Gasteiger partial charge in [-0.25, -0.2) is 4.79 Å². The topological polar surface area (TPSA) is 137 Å². The number of carbonyl (C=O) groups excluding carboxylic acids is 2. The predicted octanol–water partition coefficient (Wildman–Crippen LogP) is 8.71. The summed E-state index contributed by atoms with van der Waals surface area (Å²) < 4.78 is 19.1. The third kappa shape index (κ3) is 13.4. The van der Waals surface area contributed by atoms with Crippen LogP contribution in [0.2, 0.25) is 18.1 Å². The van der Waals surface area contributed by atoms with Gasteiger partial charge in [0.15, 0.2) is 14.4 Å². The van der Waals surface area contributed by atoms with E-state index in [2.05, 4.69) is 48.8 Å². The van der Waals surface area contributed by atoms with Crippen LogP contribution in [-0.4, -0.2) is 98.0 Å². The van der Waals surface area contributed by atoms with Crippen LogP contribution < -0.4 is 0 Å². The van der Waals surface area contributed by atoms with Gasteiger partial charge in [0.25, 0.3) is 0 Å². The quantitative estimate of drug-likeness (QED) is 0.0366. The average Bonchev–Trinajstić information content (AvgIpc) is 3.35. The summed E-state index contributed by atoms with van der Waals surface area (Å²) in [5.41, 5.74) is 8.07. The number of nitrogens with zero attached hydrogens (tertiary/aromatic N) is 5. The van der Waals surface area contributed by atoms with E-state index >= 15 is 0 Å². The van der Waals surface area contributed by atoms with E-state index in [1.165, 1.54) is 38.5 Å². The van der Waals surface area contributed by atoms with Crippen LogP contribution in [0.1, 0.15) is 106 Å². The maximum absolute atomic E-state index is 13.7. The maximum Gasteiger partial charge on any atom is 0.410 e. The molecule has 0 radical (unpaired) electrons. The molecule has 0 unspecified atom stereocenters. The molecule has 1 amide bonds. The molecule has 2 aliphatic heterocycles. The zero-order chi connectivity index (χ0) is 37.8. The number of hydrogen-bond acceptors (Lipinski definition) is 8. The van der Waals surface area contributed by atoms with Gasteiger partial charge in [0.05, 0.1) is 12.5 Å². The van der Waals surface area contributed by atoms with Crippen LogP contribution in [0.5, 0.6) is 0 Å². The first kappa shape index (κ1) is 42.8. The molecule has 12 heteroatoms. The number of hydrogen-bond donors (Lipinski definition) is 1. The second kappa shape index (κ2) is 19.4. The molecule has 51 heavy (non-hydrogen) atoms. The highest BCUT2D eigenvalue weighted by Gasteiger charge is 2.42. The molecule has 1 aliphatic carbocycles. The minimum atomic E-state index is -2.29. The van der Waals surface area contributed by atoms with Crippen molar-refractivity contribution in [2.24, 2.45) is 17.0 Å². The van der Waals surface area contributed by atoms with Crippen LogP contribution in [0.3, 0.4) is 0 Å². The molecule has 288 valence electrons. The van der Waals surface area contributed by atoms with Gasteiger partial charge in [-0.05, 0) is 80.8 Å². The van der Waals surface area contributed by atoms with E-state index in [0.717, 1.165) is 18.7 Å². The van der Waals surface area contributed by atoms with Crippen molar-refractivity contribution in [2.45, 2.75) is 154 Å². The molecule has 3 rings (SSSR count). The molecule has 11 nitrogen and oxygen atoms in total. The van der Waals surface area contributed by atoms with Crippen LogP contribution in [0, 0.1) is 11.8 Å². The normalized spacial score (nSPS) is 30.0. The highest BCUT2D eigenvalue weighted by atomic mass is 28.4. The molecule has 0 bridgehead atoms. The minimum absolute atomic E-state index is 0.0480. The highest BCUT2D eigenvalue weighted by molar-refractivity contribution is 6.74. The van der Waals surface area contributed by atoms with Crippen molar-refractivity contribution in [1.29, 1.82) is 0 Å². The number of aliphatic hydroxyl groups is 1. The number of cyclic esters (lactones) is 1. The Morgan fingerprint density at radius 3 is 2.41 bits per heavy atom. The first-order chi connectivity index (χ1) is 23.9. The fourth-order valence-corrected chi connectivity index (χ4v) is 8.31. The Balaban J connectivity index is 1.86. The zero-order valence-electron chi connectivity index (χ0n) is 33.0. The molecule has 1 saturated carbocycles. The molecule has 2 fully saturated rings. The van der Waals surface area contributed by atoms with Crippen LogP contribution in [-0.2, 0) is 18.7 Å². The van der Waals surface area contributed by atoms with E-state index in [1.807, 2.05) is 45.1 Å². The summed E-state index contributed by atoms with van der Waals surface area (Å²) in [6, 6.07) is 0.597. The largest absolute Gasteiger partial charge is 0.457 e. The molecule has 2 heterocycles. The summed E-state index contributed by atoms with van der Waals surface area (Å²) in [7, 11) is -2.29. The van der Waals surface area contributed by atoms with Gasteiger partial charge in [0.1, 0.15) is 11.7 Å². The number of amides is 1. The van der Waals surface area contributed by atoms with Gasteiger partial charge < -0.3 is 23.9 Å². The Morgan fingerprint density at radius 2 is 1.80 bits per heavy atom. The first-order valence-electron chi connectivity index (χ1n) is 19.3. The fraction of sp³-hybridized carbons (Fsp3) is 0.795. The summed E-state index contributed by atoms with van der Waals surface area (Å²) >= 11 is 0. The van der Waals surface area contributed by atoms with Gasteiger partial charge in [-0.1, -0.05) is 89.7 Å². The highest BCUT2D eigenvalue weighted by Crippen LogP contribution is 2.39. The molecule has 1 saturated heterocycles. The van der Waals surface area contributed by atoms with E-state index in [1.54, 1.807) is 17.9 Å². The fourth-order valence-electron chi connectivity index (χ4n) is 6.93. The van der Waals surface area contributed by atoms with Crippen molar-refractivity contribution in [3.05, 3.63) is 46.4 Å². The Morgan fingerprint density at radius 1 is 1.16 bits per heavy atom. The number of esters is 1. The lowest BCUT2D eigenvalue weighted by Gasteiger charge is -2.41. The van der Waals surface area contributed by atoms with Crippen LogP contribution >= 0.6 is 0 Å². The van der Waals surface area contributed by atoms with Gasteiger partial charge >= 0.3 is 12.1 Å². The van der Waals surface area contributed by atoms with Gasteiger partial charge in [0, 0.05) is 49.6 Å². The van der Waals surface area contributed by atoms with Crippen molar-refractivity contribution >= 4 is 20.4 Å². The van der Waals surface area contributed by atoms with Crippen molar-refractivity contribution in [2.75, 3.05) is 32.7 Å². The number of rotatable bonds is 9. The van der Waals surface area contributed by atoms with Gasteiger partial charge in [-0.3, -0.25) is 9.69 Å². The van der Waals surface area contributed by atoms with Crippen LogP contribution in [0.4, 0.5) is 4.79 Å². The Bertz CT molecular complexity index is 1270. The lowest BCUT2D eigenvalue weighted by Crippen LogP contribution is -2.53. The Kier molecular flexibility index (Phi) is 16.3. The molecule has 3 aliphatic rings. The van der Waals surface area contributed by atoms with E-state index in [0.29, 0.717) is 32.1 Å². The number of carbonyl (C=O) groups is 2. The van der Waals surface area contributed by atoms with Gasteiger partial charge in [-0.2, -0.15) is 0 Å². The van der Waals surface area contributed by atoms with Gasteiger partial charge in [-0.15, -0.1) is 0 Å². The summed E-state index contributed by atoms with van der Waals surface area (Å²) in [5.74, 6) is -0.603. The lowest BCUT2D eigenvalue weighted by atomic mass is 9.88. The number of piperazine rings is 1. The molecule has 0 aromatic heterocycles. The van der Waals surface area contributed by atoms with Gasteiger partial charge in [0.2, 0.25) is 0 Å². The second-order valence-corrected chi connectivity index (χ2v) is 21.7. The van der Waals surface area contributed by atoms with E-state index in [4.69, 9.17) is 19.4 Å². The monoisotopic (exact) mass is 729 g/mol. The second-order valence-electron chi connectivity index (χ2n) is 16.9. The Labute approximate surface area is 308 Å². The summed E-state index contributed by atoms with van der Waals surface area (Å²) in [5, 5.41) is 15.5. The number of ether oxygens (including phenoxy) is 2. The minimum Gasteiger partial charge on any atom is -0.457 e. The molecular weight excluding hydrogens is 663 g/mol. The molecule has 6 atom stereocenters. The standard InChI is InChI=1S/C39H67N5O6Si/c1-29(28-41-42-40)15-14-16-30(2)36-31(3)19-20-34(48-37(46)44-25-23-43(24-26-44)32-17-12-10-11-13-18-32)39(7,47)22-21-33(27-35(45)49-36)50-51(8,9)38(4,5)6/h14-16,19-20,29,31-34,36,47H,10-13,17-18,21-28H2,1-9H3/b15-14+,20-19+,30-16+/t29-,31+,33-,34+,36-,39-/m1/s1. The third-order valence-corrected chi connectivity index (χ3v) is 15.9. The average molecular weight is 730 g/mol. The first-order valence-corrected chi connectivity index (χ1v) is 22.2. The van der Waals surface area contributed by atoms with E-state index < -0.39 is 38.3 Å². The van der Waals surface area contributed by atoms with Crippen molar-refractivity contribution in [3.63, 3.8) is 0 Å². The third-order valence-electron chi connectivity index (χ3n) is 11.4. The lowest BCUT2D eigenvalue weighted by molar-refractivity contribution is -0.151. The van der Waals surface area contributed by atoms with E-state index in [-0.39, 0.29) is 35.7 Å².